The lowest BCUT2D eigenvalue weighted by Crippen LogP contribution is -2.29. The van der Waals surface area contributed by atoms with Gasteiger partial charge in [0.25, 0.3) is 5.56 Å². The molecule has 0 fully saturated rings. The number of ketones is 1. The van der Waals surface area contributed by atoms with E-state index in [1.165, 1.54) is 11.8 Å². The number of methoxy groups -OCH3 is 1. The molecule has 0 N–H and O–H groups in total. The molecule has 1 heterocycles. The summed E-state index contributed by atoms with van der Waals surface area (Å²) in [7, 11) is 1.61. The van der Waals surface area contributed by atoms with Gasteiger partial charge in [-0.05, 0) is 57.0 Å². The Kier molecular flexibility index (Phi) is 6.55. The van der Waals surface area contributed by atoms with Crippen LogP contribution < -0.4 is 5.56 Å². The van der Waals surface area contributed by atoms with Crippen molar-refractivity contribution in [3.8, 4) is 0 Å². The molecule has 1 aromatic heterocycles. The third-order valence-corrected chi connectivity index (χ3v) is 6.13. The van der Waals surface area contributed by atoms with Gasteiger partial charge >= 0.3 is 0 Å². The normalized spacial score (nSPS) is 13.4. The summed E-state index contributed by atoms with van der Waals surface area (Å²) >= 11 is 1.31. The average molecular weight is 411 g/mol. The minimum Gasteiger partial charge on any atom is -0.383 e. The number of thioether (sulfide) groups is 1. The number of benzene rings is 2. The fraction of sp³-hybridized carbons (Fsp3) is 0.348. The van der Waals surface area contributed by atoms with E-state index in [-0.39, 0.29) is 22.6 Å². The molecule has 0 bridgehead atoms. The molecule has 3 aromatic rings. The molecule has 2 aromatic carbocycles. The van der Waals surface area contributed by atoms with E-state index >= 15 is 0 Å². The van der Waals surface area contributed by atoms with E-state index in [1.54, 1.807) is 17.7 Å². The van der Waals surface area contributed by atoms with Crippen molar-refractivity contribution in [1.29, 1.82) is 0 Å². The van der Waals surface area contributed by atoms with E-state index in [9.17, 15) is 9.59 Å². The highest BCUT2D eigenvalue weighted by Crippen LogP contribution is 2.27. The third kappa shape index (κ3) is 4.43. The van der Waals surface area contributed by atoms with Gasteiger partial charge in [0.1, 0.15) is 0 Å². The standard InChI is InChI=1S/C23H26N2O3S/c1-14-10-11-18(12-15(14)2)21(26)17(4)29-23-24-20-9-7-6-8-19(20)22(27)25(23)16(3)13-28-5/h6-12,16-17H,13H2,1-5H3. The zero-order valence-electron chi connectivity index (χ0n) is 17.4. The lowest BCUT2D eigenvalue weighted by atomic mass is 10.0. The van der Waals surface area contributed by atoms with Crippen LogP contribution >= 0.6 is 11.8 Å². The molecule has 0 aliphatic heterocycles. The molecule has 0 radical (unpaired) electrons. The van der Waals surface area contributed by atoms with Crippen molar-refractivity contribution in [2.24, 2.45) is 0 Å². The summed E-state index contributed by atoms with van der Waals surface area (Å²) in [5.41, 5.74) is 3.43. The van der Waals surface area contributed by atoms with Crippen LogP contribution in [0.15, 0.2) is 52.4 Å². The number of rotatable bonds is 7. The zero-order valence-corrected chi connectivity index (χ0v) is 18.2. The molecule has 0 saturated carbocycles. The first kappa shape index (κ1) is 21.3. The van der Waals surface area contributed by atoms with Gasteiger partial charge in [-0.3, -0.25) is 14.2 Å². The molecule has 2 unspecified atom stereocenters. The first-order valence-corrected chi connectivity index (χ1v) is 10.5. The van der Waals surface area contributed by atoms with Crippen LogP contribution in [-0.4, -0.2) is 34.3 Å². The summed E-state index contributed by atoms with van der Waals surface area (Å²) in [6.45, 7) is 8.18. The highest BCUT2D eigenvalue weighted by Gasteiger charge is 2.23. The maximum Gasteiger partial charge on any atom is 0.262 e. The van der Waals surface area contributed by atoms with Crippen molar-refractivity contribution in [1.82, 2.24) is 9.55 Å². The molecule has 0 aliphatic rings. The summed E-state index contributed by atoms with van der Waals surface area (Å²) in [4.78, 5) is 30.9. The second kappa shape index (κ2) is 8.93. The second-order valence-corrected chi connectivity index (χ2v) is 8.62. The molecule has 0 aliphatic carbocycles. The Morgan fingerprint density at radius 3 is 2.55 bits per heavy atom. The second-order valence-electron chi connectivity index (χ2n) is 7.31. The van der Waals surface area contributed by atoms with Crippen LogP contribution in [0.2, 0.25) is 0 Å². The molecule has 6 heteroatoms. The van der Waals surface area contributed by atoms with Crippen molar-refractivity contribution in [2.45, 2.75) is 44.1 Å². The summed E-state index contributed by atoms with van der Waals surface area (Å²) in [5.74, 6) is 0.0199. The highest BCUT2D eigenvalue weighted by molar-refractivity contribution is 8.00. The Hall–Kier alpha value is -2.44. The average Bonchev–Trinajstić information content (AvgIpc) is 2.69. The van der Waals surface area contributed by atoms with E-state index in [4.69, 9.17) is 9.72 Å². The van der Waals surface area contributed by atoms with Gasteiger partial charge in [-0.1, -0.05) is 36.0 Å². The highest BCUT2D eigenvalue weighted by atomic mass is 32.2. The summed E-state index contributed by atoms with van der Waals surface area (Å²) in [6.07, 6.45) is 0. The molecular weight excluding hydrogens is 384 g/mol. The van der Waals surface area contributed by atoms with Gasteiger partial charge in [0.15, 0.2) is 10.9 Å². The van der Waals surface area contributed by atoms with E-state index in [2.05, 4.69) is 0 Å². The smallest absolute Gasteiger partial charge is 0.262 e. The molecule has 0 spiro atoms. The molecule has 0 saturated heterocycles. The van der Waals surface area contributed by atoms with Crippen LogP contribution in [0, 0.1) is 13.8 Å². The van der Waals surface area contributed by atoms with Gasteiger partial charge in [-0.2, -0.15) is 0 Å². The summed E-state index contributed by atoms with van der Waals surface area (Å²) in [6, 6.07) is 12.8. The first-order chi connectivity index (χ1) is 13.8. The van der Waals surface area contributed by atoms with Crippen LogP contribution in [-0.2, 0) is 4.74 Å². The fourth-order valence-electron chi connectivity index (χ4n) is 3.25. The Balaban J connectivity index is 2.01. The number of nitrogens with zero attached hydrogens (tertiary/aromatic N) is 2. The summed E-state index contributed by atoms with van der Waals surface area (Å²) < 4.78 is 6.90. The number of hydrogen-bond acceptors (Lipinski definition) is 5. The third-order valence-electron chi connectivity index (χ3n) is 5.07. The van der Waals surface area contributed by atoms with Gasteiger partial charge in [-0.25, -0.2) is 4.98 Å². The van der Waals surface area contributed by atoms with Gasteiger partial charge in [0.05, 0.1) is 28.8 Å². The quantitative estimate of drug-likeness (QED) is 0.324. The SMILES string of the molecule is COCC(C)n1c(SC(C)C(=O)c2ccc(C)c(C)c2)nc2ccccc2c1=O. The Labute approximate surface area is 175 Å². The molecule has 0 amide bonds. The number of hydrogen-bond donors (Lipinski definition) is 0. The van der Waals surface area contributed by atoms with E-state index in [1.807, 2.05) is 64.1 Å². The number of carbonyl (C=O) groups excluding carboxylic acids is 1. The van der Waals surface area contributed by atoms with Gasteiger partial charge < -0.3 is 4.74 Å². The monoisotopic (exact) mass is 410 g/mol. The predicted octanol–water partition coefficient (Wildman–Crippen LogP) is 4.58. The Bertz CT molecular complexity index is 1110. The topological polar surface area (TPSA) is 61.2 Å². The molecular formula is C23H26N2O3S. The number of fused-ring (bicyclic) bond motifs is 1. The van der Waals surface area contributed by atoms with Crippen molar-refractivity contribution < 1.29 is 9.53 Å². The van der Waals surface area contributed by atoms with Crippen molar-refractivity contribution >= 4 is 28.4 Å². The zero-order chi connectivity index (χ0) is 21.1. The van der Waals surface area contributed by atoms with Gasteiger partial charge in [0.2, 0.25) is 0 Å². The van der Waals surface area contributed by atoms with Crippen molar-refractivity contribution in [2.75, 3.05) is 13.7 Å². The molecule has 29 heavy (non-hydrogen) atoms. The fourth-order valence-corrected chi connectivity index (χ4v) is 4.34. The minimum atomic E-state index is -0.383. The van der Waals surface area contributed by atoms with Crippen molar-refractivity contribution in [3.05, 3.63) is 69.5 Å². The van der Waals surface area contributed by atoms with Crippen LogP contribution in [0.25, 0.3) is 10.9 Å². The van der Waals surface area contributed by atoms with Crippen LogP contribution in [0.3, 0.4) is 0 Å². The molecule has 5 nitrogen and oxygen atoms in total. The largest absolute Gasteiger partial charge is 0.383 e. The maximum absolute atomic E-state index is 13.1. The van der Waals surface area contributed by atoms with E-state index in [0.717, 1.165) is 11.1 Å². The lowest BCUT2D eigenvalue weighted by molar-refractivity contribution is 0.0993. The summed E-state index contributed by atoms with van der Waals surface area (Å²) in [5, 5.41) is 0.710. The van der Waals surface area contributed by atoms with Crippen LogP contribution in [0.5, 0.6) is 0 Å². The van der Waals surface area contributed by atoms with E-state index in [0.29, 0.717) is 28.2 Å². The number of Topliss-reactive ketones (excluding diaryl/α,β-unsaturated/α-hetero) is 1. The van der Waals surface area contributed by atoms with Gasteiger partial charge in [0, 0.05) is 12.7 Å². The molecule has 3 rings (SSSR count). The Morgan fingerprint density at radius 1 is 1.14 bits per heavy atom. The number of aryl methyl sites for hydroxylation is 2. The maximum atomic E-state index is 13.1. The minimum absolute atomic E-state index is 0.0199. The number of ether oxygens (including phenoxy) is 1. The number of carbonyl (C=O) groups is 1. The number of aromatic nitrogens is 2. The first-order valence-electron chi connectivity index (χ1n) is 9.61. The lowest BCUT2D eigenvalue weighted by Gasteiger charge is -2.20. The van der Waals surface area contributed by atoms with Crippen molar-refractivity contribution in [3.63, 3.8) is 0 Å². The molecule has 152 valence electrons. The Morgan fingerprint density at radius 2 is 1.86 bits per heavy atom. The van der Waals surface area contributed by atoms with E-state index < -0.39 is 0 Å². The molecule has 2 atom stereocenters. The number of para-hydroxylation sites is 1. The van der Waals surface area contributed by atoms with Gasteiger partial charge in [-0.15, -0.1) is 0 Å². The van der Waals surface area contributed by atoms with Crippen LogP contribution in [0.1, 0.15) is 41.4 Å². The van der Waals surface area contributed by atoms with Crippen LogP contribution in [0.4, 0.5) is 0 Å². The predicted molar refractivity (Wildman–Crippen MR) is 118 cm³/mol.